The third-order valence-corrected chi connectivity index (χ3v) is 6.56. The molecule has 3 aromatic carbocycles. The average molecular weight is 505 g/mol. The molecule has 38 heavy (non-hydrogen) atoms. The van der Waals surface area contributed by atoms with Gasteiger partial charge in [0.15, 0.2) is 6.61 Å². The smallest absolute Gasteiger partial charge is 0.378 e. The Morgan fingerprint density at radius 3 is 2.50 bits per heavy atom. The quantitative estimate of drug-likeness (QED) is 0.328. The molecule has 1 amide bonds. The van der Waals surface area contributed by atoms with Crippen LogP contribution in [0.25, 0.3) is 16.6 Å². The van der Waals surface area contributed by atoms with E-state index in [-0.39, 0.29) is 11.9 Å². The van der Waals surface area contributed by atoms with Crippen LogP contribution in [-0.2, 0) is 9.53 Å². The zero-order valence-electron chi connectivity index (χ0n) is 20.9. The zero-order chi connectivity index (χ0) is 26.2. The second kappa shape index (κ2) is 9.51. The van der Waals surface area contributed by atoms with E-state index in [1.807, 2.05) is 68.4 Å². The number of ether oxygens (including phenoxy) is 1. The van der Waals surface area contributed by atoms with Crippen molar-refractivity contribution in [1.82, 2.24) is 24.6 Å². The lowest BCUT2D eigenvalue weighted by Gasteiger charge is -2.21. The minimum atomic E-state index is -0.796. The van der Waals surface area contributed by atoms with Crippen LogP contribution in [0.15, 0.2) is 84.0 Å². The Morgan fingerprint density at radius 2 is 1.68 bits per heavy atom. The van der Waals surface area contributed by atoms with Gasteiger partial charge in [-0.2, -0.15) is 10.1 Å². The lowest BCUT2D eigenvalue weighted by molar-refractivity contribution is -0.136. The van der Waals surface area contributed by atoms with E-state index in [1.165, 1.54) is 9.52 Å². The van der Waals surface area contributed by atoms with E-state index in [9.17, 15) is 9.59 Å². The lowest BCUT2D eigenvalue weighted by atomic mass is 9.97. The van der Waals surface area contributed by atoms with Crippen molar-refractivity contribution in [3.05, 3.63) is 107 Å². The van der Waals surface area contributed by atoms with E-state index < -0.39 is 18.5 Å². The minimum Gasteiger partial charge on any atom is -0.450 e. The van der Waals surface area contributed by atoms with Gasteiger partial charge in [0.2, 0.25) is 0 Å². The summed E-state index contributed by atoms with van der Waals surface area (Å²) in [5, 5.41) is 12.5. The number of nitrogens with zero attached hydrogens (tertiary/aromatic N) is 6. The number of carbonyl (C=O) groups excluding carboxylic acids is 2. The molecule has 0 fully saturated rings. The molecule has 5 aromatic rings. The first-order valence-corrected chi connectivity index (χ1v) is 12.3. The van der Waals surface area contributed by atoms with Gasteiger partial charge in [-0.25, -0.2) is 19.3 Å². The zero-order valence-corrected chi connectivity index (χ0v) is 20.9. The largest absolute Gasteiger partial charge is 0.450 e. The number of esters is 1. The Hall–Kier alpha value is -4.92. The molecular weight excluding hydrogens is 480 g/mol. The summed E-state index contributed by atoms with van der Waals surface area (Å²) in [7, 11) is 0. The summed E-state index contributed by atoms with van der Waals surface area (Å²) in [6.45, 7) is 3.19. The highest BCUT2D eigenvalue weighted by Crippen LogP contribution is 2.33. The number of benzene rings is 3. The molecule has 1 atom stereocenters. The van der Waals surface area contributed by atoms with Crippen molar-refractivity contribution in [3.63, 3.8) is 0 Å². The monoisotopic (exact) mass is 504 g/mol. The SMILES string of the molecule is Cc1cc(C)n2nc(C(=O)OCC(=O)N3N=C(c4ccc5ccccc5c4)C[C@H]3c3ccccc3)nc2n1. The molecule has 0 saturated carbocycles. The standard InChI is InChI=1S/C29H24N6O3/c1-18-14-19(2)34-29(30-18)31-27(33-34)28(37)38-17-26(36)35-25(21-9-4-3-5-10-21)16-24(32-35)23-13-12-20-8-6-7-11-22(20)15-23/h3-15,25H,16-17H2,1-2H3/t25-/m0/s1. The topological polar surface area (TPSA) is 102 Å². The molecule has 2 aromatic heterocycles. The van der Waals surface area contributed by atoms with Crippen LogP contribution in [0, 0.1) is 13.8 Å². The third kappa shape index (κ3) is 4.39. The normalized spacial score (nSPS) is 15.2. The van der Waals surface area contributed by atoms with Crippen molar-refractivity contribution < 1.29 is 14.3 Å². The van der Waals surface area contributed by atoms with Crippen molar-refractivity contribution in [2.75, 3.05) is 6.61 Å². The van der Waals surface area contributed by atoms with Gasteiger partial charge >= 0.3 is 5.97 Å². The maximum absolute atomic E-state index is 13.3. The first kappa shape index (κ1) is 23.5. The highest BCUT2D eigenvalue weighted by Gasteiger charge is 2.34. The van der Waals surface area contributed by atoms with Gasteiger partial charge in [-0.15, -0.1) is 5.10 Å². The predicted octanol–water partition coefficient (Wildman–Crippen LogP) is 4.43. The molecule has 3 heterocycles. The lowest BCUT2D eigenvalue weighted by Crippen LogP contribution is -2.31. The van der Waals surface area contributed by atoms with Crippen LogP contribution in [0.2, 0.25) is 0 Å². The summed E-state index contributed by atoms with van der Waals surface area (Å²) in [6, 6.07) is 25.5. The number of fused-ring (bicyclic) bond motifs is 2. The van der Waals surface area contributed by atoms with Gasteiger partial charge in [-0.1, -0.05) is 66.7 Å². The van der Waals surface area contributed by atoms with Crippen molar-refractivity contribution in [2.45, 2.75) is 26.3 Å². The molecule has 9 nitrogen and oxygen atoms in total. The molecule has 9 heteroatoms. The van der Waals surface area contributed by atoms with Crippen LogP contribution < -0.4 is 0 Å². The maximum Gasteiger partial charge on any atom is 0.378 e. The number of hydrazone groups is 1. The fraction of sp³-hybridized carbons (Fsp3) is 0.172. The molecule has 0 spiro atoms. The number of aryl methyl sites for hydroxylation is 2. The second-order valence-electron chi connectivity index (χ2n) is 9.24. The molecule has 0 saturated heterocycles. The van der Waals surface area contributed by atoms with Gasteiger partial charge in [0, 0.05) is 17.8 Å². The average Bonchev–Trinajstić information content (AvgIpc) is 3.57. The Morgan fingerprint density at radius 1 is 0.921 bits per heavy atom. The minimum absolute atomic E-state index is 0.152. The Bertz CT molecular complexity index is 1730. The van der Waals surface area contributed by atoms with Gasteiger partial charge in [0.1, 0.15) is 0 Å². The van der Waals surface area contributed by atoms with Gasteiger partial charge in [-0.05, 0) is 47.9 Å². The van der Waals surface area contributed by atoms with Crippen LogP contribution in [0.3, 0.4) is 0 Å². The Balaban J connectivity index is 1.24. The first-order valence-electron chi connectivity index (χ1n) is 12.3. The molecule has 6 rings (SSSR count). The van der Waals surface area contributed by atoms with Gasteiger partial charge < -0.3 is 4.74 Å². The summed E-state index contributed by atoms with van der Waals surface area (Å²) in [5.74, 6) is -1.08. The van der Waals surface area contributed by atoms with Gasteiger partial charge in [-0.3, -0.25) is 4.79 Å². The Labute approximate surface area is 218 Å². The second-order valence-corrected chi connectivity index (χ2v) is 9.24. The first-order chi connectivity index (χ1) is 18.5. The highest BCUT2D eigenvalue weighted by atomic mass is 16.5. The Kier molecular flexibility index (Phi) is 5.88. The molecule has 1 aliphatic rings. The van der Waals surface area contributed by atoms with E-state index in [4.69, 9.17) is 9.84 Å². The maximum atomic E-state index is 13.3. The molecule has 0 bridgehead atoms. The number of rotatable bonds is 5. The van der Waals surface area contributed by atoms with Crippen LogP contribution in [0.4, 0.5) is 0 Å². The summed E-state index contributed by atoms with van der Waals surface area (Å²) >= 11 is 0. The van der Waals surface area contributed by atoms with E-state index in [2.05, 4.69) is 39.3 Å². The van der Waals surface area contributed by atoms with Crippen LogP contribution in [0.1, 0.15) is 45.6 Å². The molecule has 1 aliphatic heterocycles. The highest BCUT2D eigenvalue weighted by molar-refractivity contribution is 6.05. The van der Waals surface area contributed by atoms with Crippen LogP contribution in [-0.4, -0.2) is 48.8 Å². The fourth-order valence-corrected chi connectivity index (χ4v) is 4.73. The molecule has 0 radical (unpaired) electrons. The summed E-state index contributed by atoms with van der Waals surface area (Å²) in [6.07, 6.45) is 0.542. The van der Waals surface area contributed by atoms with Crippen LogP contribution in [0.5, 0.6) is 0 Å². The number of hydrogen-bond donors (Lipinski definition) is 0. The van der Waals surface area contributed by atoms with E-state index >= 15 is 0 Å². The molecular formula is C29H24N6O3. The number of amides is 1. The molecule has 0 N–H and O–H groups in total. The van der Waals surface area contributed by atoms with Crippen LogP contribution >= 0.6 is 0 Å². The third-order valence-electron chi connectivity index (χ3n) is 6.56. The molecule has 0 unspecified atom stereocenters. The number of carbonyl (C=O) groups is 2. The predicted molar refractivity (Wildman–Crippen MR) is 142 cm³/mol. The van der Waals surface area contributed by atoms with E-state index in [0.29, 0.717) is 12.2 Å². The fourth-order valence-electron chi connectivity index (χ4n) is 4.73. The van der Waals surface area contributed by atoms with Gasteiger partial charge in [0.05, 0.1) is 11.8 Å². The van der Waals surface area contributed by atoms with E-state index in [0.717, 1.165) is 39.0 Å². The molecule has 188 valence electrons. The van der Waals surface area contributed by atoms with Crippen molar-refractivity contribution in [2.24, 2.45) is 5.10 Å². The van der Waals surface area contributed by atoms with Crippen molar-refractivity contribution >= 4 is 34.1 Å². The summed E-state index contributed by atoms with van der Waals surface area (Å²) < 4.78 is 6.79. The van der Waals surface area contributed by atoms with E-state index in [1.54, 1.807) is 0 Å². The summed E-state index contributed by atoms with van der Waals surface area (Å²) in [5.41, 5.74) is 4.24. The number of aromatic nitrogens is 4. The van der Waals surface area contributed by atoms with Crippen molar-refractivity contribution in [1.29, 1.82) is 0 Å². The summed E-state index contributed by atoms with van der Waals surface area (Å²) in [4.78, 5) is 34.5. The molecule has 0 aliphatic carbocycles. The van der Waals surface area contributed by atoms with Crippen molar-refractivity contribution in [3.8, 4) is 0 Å². The van der Waals surface area contributed by atoms with Gasteiger partial charge in [0.25, 0.3) is 17.5 Å². The number of hydrogen-bond acceptors (Lipinski definition) is 7.